The first-order chi connectivity index (χ1) is 8.54. The number of ether oxygens (including phenoxy) is 1. The fourth-order valence-corrected chi connectivity index (χ4v) is 2.46. The molecule has 0 fully saturated rings. The molecule has 0 spiro atoms. The molecule has 0 bridgehead atoms. The molecule has 0 amide bonds. The Bertz CT molecular complexity index is 369. The summed E-state index contributed by atoms with van der Waals surface area (Å²) in [6.07, 6.45) is 1.20. The van der Waals surface area contributed by atoms with Gasteiger partial charge in [0.2, 0.25) is 0 Å². The van der Waals surface area contributed by atoms with Gasteiger partial charge in [0.25, 0.3) is 0 Å². The van der Waals surface area contributed by atoms with Crippen molar-refractivity contribution in [2.75, 3.05) is 31.6 Å². The molecule has 0 atom stereocenters. The van der Waals surface area contributed by atoms with E-state index in [1.807, 2.05) is 0 Å². The number of halogens is 1. The fraction of sp³-hybridized carbons (Fsp3) is 0.571. The molecular weight excluding hydrogens is 292 g/mol. The van der Waals surface area contributed by atoms with E-state index >= 15 is 0 Å². The summed E-state index contributed by atoms with van der Waals surface area (Å²) in [5, 5.41) is 0. The highest BCUT2D eigenvalue weighted by atomic mass is 79.9. The third-order valence-electron chi connectivity index (χ3n) is 2.73. The Balaban J connectivity index is 2.59. The van der Waals surface area contributed by atoms with Crippen LogP contribution < -0.4 is 10.6 Å². The van der Waals surface area contributed by atoms with Gasteiger partial charge in [0.05, 0.1) is 18.4 Å². The molecule has 3 nitrogen and oxygen atoms in total. The molecule has 0 radical (unpaired) electrons. The molecule has 0 unspecified atom stereocenters. The Morgan fingerprint density at radius 2 is 2.11 bits per heavy atom. The van der Waals surface area contributed by atoms with Crippen LogP contribution >= 0.6 is 15.9 Å². The standard InChI is InChI=1S/C14H23BrN2O/c1-11(2)18-9-8-17(3)14-5-4-12(6-7-16)10-13(14)15/h4-5,10-11H,6-9,16H2,1-3H3. The van der Waals surface area contributed by atoms with Crippen LogP contribution in [0.4, 0.5) is 5.69 Å². The van der Waals surface area contributed by atoms with E-state index in [0.717, 1.165) is 24.0 Å². The lowest BCUT2D eigenvalue weighted by Gasteiger charge is -2.21. The maximum absolute atomic E-state index is 5.56. The summed E-state index contributed by atoms with van der Waals surface area (Å²) in [6.45, 7) is 6.41. The van der Waals surface area contributed by atoms with Crippen LogP contribution in [0.1, 0.15) is 19.4 Å². The SMILES string of the molecule is CC(C)OCCN(C)c1ccc(CCN)cc1Br. The lowest BCUT2D eigenvalue weighted by Crippen LogP contribution is -2.24. The van der Waals surface area contributed by atoms with E-state index in [2.05, 4.69) is 59.9 Å². The lowest BCUT2D eigenvalue weighted by atomic mass is 10.1. The maximum atomic E-state index is 5.56. The molecule has 0 heterocycles. The highest BCUT2D eigenvalue weighted by molar-refractivity contribution is 9.10. The molecule has 0 saturated heterocycles. The Morgan fingerprint density at radius 3 is 2.67 bits per heavy atom. The molecule has 2 N–H and O–H groups in total. The van der Waals surface area contributed by atoms with Crippen molar-refractivity contribution in [2.24, 2.45) is 5.73 Å². The van der Waals surface area contributed by atoms with Gasteiger partial charge < -0.3 is 15.4 Å². The zero-order chi connectivity index (χ0) is 13.5. The number of hydrogen-bond acceptors (Lipinski definition) is 3. The highest BCUT2D eigenvalue weighted by Gasteiger charge is 2.06. The van der Waals surface area contributed by atoms with E-state index < -0.39 is 0 Å². The lowest BCUT2D eigenvalue weighted by molar-refractivity contribution is 0.0846. The van der Waals surface area contributed by atoms with Crippen molar-refractivity contribution in [2.45, 2.75) is 26.4 Å². The summed E-state index contributed by atoms with van der Waals surface area (Å²) in [5.41, 5.74) is 8.01. The second-order valence-electron chi connectivity index (χ2n) is 4.67. The van der Waals surface area contributed by atoms with Gasteiger partial charge in [0.1, 0.15) is 0 Å². The second kappa shape index (κ2) is 7.77. The number of hydrogen-bond donors (Lipinski definition) is 1. The van der Waals surface area contributed by atoms with Gasteiger partial charge in [-0.2, -0.15) is 0 Å². The highest BCUT2D eigenvalue weighted by Crippen LogP contribution is 2.26. The van der Waals surface area contributed by atoms with E-state index in [4.69, 9.17) is 10.5 Å². The van der Waals surface area contributed by atoms with Crippen LogP contribution in [0.3, 0.4) is 0 Å². The summed E-state index contributed by atoms with van der Waals surface area (Å²) in [7, 11) is 2.08. The molecule has 0 aliphatic rings. The van der Waals surface area contributed by atoms with Gasteiger partial charge in [-0.3, -0.25) is 0 Å². The Kier molecular flexibility index (Phi) is 6.68. The van der Waals surface area contributed by atoms with Crippen LogP contribution in [0.15, 0.2) is 22.7 Å². The fourth-order valence-electron chi connectivity index (χ4n) is 1.73. The van der Waals surface area contributed by atoms with E-state index in [1.165, 1.54) is 11.3 Å². The monoisotopic (exact) mass is 314 g/mol. The minimum Gasteiger partial charge on any atom is -0.377 e. The van der Waals surface area contributed by atoms with Crippen LogP contribution in [-0.2, 0) is 11.2 Å². The van der Waals surface area contributed by atoms with Crippen molar-refractivity contribution < 1.29 is 4.74 Å². The Labute approximate surface area is 118 Å². The summed E-state index contributed by atoms with van der Waals surface area (Å²) < 4.78 is 6.67. The van der Waals surface area contributed by atoms with Gasteiger partial charge in [-0.25, -0.2) is 0 Å². The van der Waals surface area contributed by atoms with E-state index in [0.29, 0.717) is 6.54 Å². The van der Waals surface area contributed by atoms with Crippen molar-refractivity contribution in [1.82, 2.24) is 0 Å². The minimum atomic E-state index is 0.286. The van der Waals surface area contributed by atoms with Crippen molar-refractivity contribution in [1.29, 1.82) is 0 Å². The summed E-state index contributed by atoms with van der Waals surface area (Å²) in [4.78, 5) is 2.19. The van der Waals surface area contributed by atoms with Gasteiger partial charge >= 0.3 is 0 Å². The summed E-state index contributed by atoms with van der Waals surface area (Å²) >= 11 is 3.62. The number of rotatable bonds is 7. The molecule has 0 aromatic heterocycles. The summed E-state index contributed by atoms with van der Waals surface area (Å²) in [5.74, 6) is 0. The maximum Gasteiger partial charge on any atom is 0.0644 e. The van der Waals surface area contributed by atoms with Gasteiger partial charge in [0, 0.05) is 18.1 Å². The van der Waals surface area contributed by atoms with Crippen LogP contribution in [0.25, 0.3) is 0 Å². The van der Waals surface area contributed by atoms with Gasteiger partial charge in [-0.15, -0.1) is 0 Å². The first kappa shape index (κ1) is 15.5. The quantitative estimate of drug-likeness (QED) is 0.841. The zero-order valence-electron chi connectivity index (χ0n) is 11.4. The minimum absolute atomic E-state index is 0.286. The number of nitrogens with two attached hydrogens (primary N) is 1. The number of nitrogens with zero attached hydrogens (tertiary/aromatic N) is 1. The van der Waals surface area contributed by atoms with Crippen LogP contribution in [0.2, 0.25) is 0 Å². The van der Waals surface area contributed by atoms with Gasteiger partial charge in [-0.1, -0.05) is 6.07 Å². The van der Waals surface area contributed by atoms with Crippen LogP contribution in [0, 0.1) is 0 Å². The number of likely N-dealkylation sites (N-methyl/N-ethyl adjacent to an activating group) is 1. The van der Waals surface area contributed by atoms with Crippen LogP contribution in [0.5, 0.6) is 0 Å². The first-order valence-electron chi connectivity index (χ1n) is 6.35. The van der Waals surface area contributed by atoms with E-state index in [9.17, 15) is 0 Å². The first-order valence-corrected chi connectivity index (χ1v) is 7.15. The molecule has 0 aliphatic heterocycles. The number of anilines is 1. The van der Waals surface area contributed by atoms with Crippen molar-refractivity contribution in [3.63, 3.8) is 0 Å². The average Bonchev–Trinajstić information content (AvgIpc) is 2.28. The predicted molar refractivity (Wildman–Crippen MR) is 81.3 cm³/mol. The predicted octanol–water partition coefficient (Wildman–Crippen LogP) is 2.81. The zero-order valence-corrected chi connectivity index (χ0v) is 13.0. The Morgan fingerprint density at radius 1 is 1.39 bits per heavy atom. The molecule has 102 valence electrons. The molecular formula is C14H23BrN2O. The van der Waals surface area contributed by atoms with Gasteiger partial charge in [0.15, 0.2) is 0 Å². The molecule has 1 aromatic rings. The third-order valence-corrected chi connectivity index (χ3v) is 3.37. The van der Waals surface area contributed by atoms with E-state index in [1.54, 1.807) is 0 Å². The Hall–Kier alpha value is -0.580. The second-order valence-corrected chi connectivity index (χ2v) is 5.52. The number of benzene rings is 1. The van der Waals surface area contributed by atoms with Crippen molar-refractivity contribution in [3.8, 4) is 0 Å². The molecule has 18 heavy (non-hydrogen) atoms. The molecule has 0 aliphatic carbocycles. The average molecular weight is 315 g/mol. The van der Waals surface area contributed by atoms with E-state index in [-0.39, 0.29) is 6.10 Å². The van der Waals surface area contributed by atoms with Crippen molar-refractivity contribution >= 4 is 21.6 Å². The molecule has 4 heteroatoms. The van der Waals surface area contributed by atoms with Crippen LogP contribution in [-0.4, -0.2) is 32.8 Å². The van der Waals surface area contributed by atoms with Gasteiger partial charge in [-0.05, 0) is 60.4 Å². The normalized spacial score (nSPS) is 11.0. The topological polar surface area (TPSA) is 38.5 Å². The molecule has 1 rings (SSSR count). The molecule has 0 saturated carbocycles. The summed E-state index contributed by atoms with van der Waals surface area (Å²) in [6, 6.07) is 6.40. The largest absolute Gasteiger partial charge is 0.377 e. The third kappa shape index (κ3) is 4.96. The molecule has 1 aromatic carbocycles. The van der Waals surface area contributed by atoms with Crippen molar-refractivity contribution in [3.05, 3.63) is 28.2 Å². The smallest absolute Gasteiger partial charge is 0.0644 e.